The summed E-state index contributed by atoms with van der Waals surface area (Å²) in [6.45, 7) is 22.3. The molecule has 15 rings (SSSR count). The molecule has 2 aromatic heterocycles. The number of carbonyl (C=O) groups excluding carboxylic acids is 12. The third-order valence-electron chi connectivity index (χ3n) is 24.5. The van der Waals surface area contributed by atoms with E-state index in [0.29, 0.717) is 28.0 Å². The van der Waals surface area contributed by atoms with Crippen molar-refractivity contribution < 1.29 is 94.7 Å². The van der Waals surface area contributed by atoms with Gasteiger partial charge in [0.2, 0.25) is 47.3 Å². The zero-order valence-corrected chi connectivity index (χ0v) is 80.0. The number of halogens is 2. The molecule has 36 heteroatoms. The predicted molar refractivity (Wildman–Crippen MR) is 498 cm³/mol. The Morgan fingerprint density at radius 3 is 1.35 bits per heavy atom. The van der Waals surface area contributed by atoms with Crippen LogP contribution < -0.4 is 46.1 Å². The molecule has 9 aromatic rings. The highest BCUT2D eigenvalue weighted by atomic mass is 19.1. The fourth-order valence-corrected chi connectivity index (χ4v) is 16.8. The van der Waals surface area contributed by atoms with Crippen LogP contribution in [0, 0.1) is 28.4 Å². The average molecular weight is 1870 g/mol. The van der Waals surface area contributed by atoms with Crippen molar-refractivity contribution >= 4 is 92.7 Å². The number of amides is 10. The van der Waals surface area contributed by atoms with E-state index in [4.69, 9.17) is 28.4 Å². The number of fused-ring (bicyclic) bond motifs is 2. The number of methoxy groups -OCH3 is 2. The topological polar surface area (TPSA) is 407 Å². The number of likely N-dealkylation sites (tertiary alicyclic amines) is 2. The van der Waals surface area contributed by atoms with Crippen LogP contribution in [-0.2, 0) is 108 Å². The first-order valence-corrected chi connectivity index (χ1v) is 45.4. The maximum absolute atomic E-state index is 16.2. The molecule has 6 N–H and O–H groups in total. The smallest absolute Gasteiger partial charge is 0.410 e. The fourth-order valence-electron chi connectivity index (χ4n) is 16.8. The zero-order valence-electron chi connectivity index (χ0n) is 80.0. The molecular weight excluding hydrogens is 1750 g/mol. The van der Waals surface area contributed by atoms with Gasteiger partial charge in [-0.3, -0.25) is 53.0 Å². The van der Waals surface area contributed by atoms with Crippen molar-refractivity contribution in [1.29, 1.82) is 0 Å². The molecule has 136 heavy (non-hydrogen) atoms. The van der Waals surface area contributed by atoms with E-state index in [2.05, 4.69) is 52.5 Å². The molecule has 0 radical (unpaired) electrons. The van der Waals surface area contributed by atoms with Crippen LogP contribution in [0.2, 0.25) is 0 Å². The van der Waals surface area contributed by atoms with Gasteiger partial charge in [-0.25, -0.2) is 32.5 Å². The lowest BCUT2D eigenvalue weighted by molar-refractivity contribution is -0.146. The van der Waals surface area contributed by atoms with E-state index in [1.54, 1.807) is 150 Å². The molecule has 34 nitrogen and oxygen atoms in total. The molecular formula is C100H122F2N16O18. The van der Waals surface area contributed by atoms with Crippen molar-refractivity contribution in [3.63, 3.8) is 0 Å². The lowest BCUT2D eigenvalue weighted by Gasteiger charge is -2.37. The molecule has 2 saturated heterocycles. The van der Waals surface area contributed by atoms with Crippen LogP contribution in [0.25, 0.3) is 21.5 Å². The Morgan fingerprint density at radius 1 is 0.515 bits per heavy atom. The zero-order chi connectivity index (χ0) is 98.7. The second-order valence-corrected chi connectivity index (χ2v) is 39.1. The van der Waals surface area contributed by atoms with E-state index in [1.807, 2.05) is 78.9 Å². The van der Waals surface area contributed by atoms with Gasteiger partial charge in [0.1, 0.15) is 95.6 Å². The van der Waals surface area contributed by atoms with Gasteiger partial charge in [-0.15, -0.1) is 10.2 Å². The van der Waals surface area contributed by atoms with Crippen molar-refractivity contribution in [3.8, 4) is 17.2 Å². The summed E-state index contributed by atoms with van der Waals surface area (Å²) >= 11 is 0. The minimum absolute atomic E-state index is 0.0201. The lowest BCUT2D eigenvalue weighted by atomic mass is 9.85. The SMILES string of the molecule is COC(=O)[C@@H]1Cc2ccc(cc2)OCc2cn(nn2)[C@@H]2CCN(C(=O)[C@@H](NC(=O)[C@H](C)N(C)C(=O)OC(C)(C)C)C(C)(C)C)[C@@H]2C(=O)N[C@@H](Cc2ccc3ccccc3c2)C(=O)C[C@H](C(=O)NCc2cc(F)c(OC)c(F)c2)Cc2ccc(cc2)OCc2cn(nn2)[C@@H]2CCN(C(=O)[C@@H](NC(=O)[C@H](C)N(C)C(=O)OC(C)(C)C)C(C)(C)C)[C@@H]2C(=O)N[C@@H](Cc2ccc3ccccc3c2)C(=O)N1. The highest BCUT2D eigenvalue weighted by Gasteiger charge is 2.52. The molecule has 0 saturated carbocycles. The molecule has 8 heterocycles. The molecule has 10 amide bonds. The van der Waals surface area contributed by atoms with Gasteiger partial charge in [-0.1, -0.05) is 161 Å². The number of Topliss-reactive ketones (excluding diaryl/α,β-unsaturated/α-hetero) is 1. The van der Waals surface area contributed by atoms with Gasteiger partial charge in [0.05, 0.1) is 44.7 Å². The first-order chi connectivity index (χ1) is 64.2. The van der Waals surface area contributed by atoms with E-state index in [-0.39, 0.29) is 87.5 Å². The number of ether oxygens (including phenoxy) is 6. The van der Waals surface area contributed by atoms with Crippen molar-refractivity contribution in [3.05, 3.63) is 209 Å². The Labute approximate surface area is 788 Å². The number of hydrogen-bond donors (Lipinski definition) is 6. The fraction of sp³-hybridized carbons (Fsp3) is 0.460. The van der Waals surface area contributed by atoms with Crippen LogP contribution >= 0.6 is 0 Å². The summed E-state index contributed by atoms with van der Waals surface area (Å²) in [6, 6.07) is 26.9. The molecule has 12 atom stereocenters. The summed E-state index contributed by atoms with van der Waals surface area (Å²) < 4.78 is 67.6. The maximum Gasteiger partial charge on any atom is 0.410 e. The number of rotatable bonds is 17. The third-order valence-corrected chi connectivity index (χ3v) is 24.5. The molecule has 7 aromatic carbocycles. The standard InChI is InChI=1S/C100H122F2N16O18/c1-57(113(15)95(129)135-99(9,10)11)86(120)107-84(97(3,4)5)92(126)115-41-39-78-81(115)90(124)104-75(49-61-27-33-64-23-19-21-25-66(64)44-61)80(119)51-68(88(122)103-52-63-46-73(101)83(131-17)74(102)47-63)43-59-29-35-71(36-30-59)133-55-70-54-118(112-110-70)79-40-42-116(93(127)85(98(6,7)8)108-87(121)58(2)114(16)96(130)136-100(12,13)14)82(79)91(125)105-76(50-62-28-34-65-24-20-22-26-67(65)45-62)89(123)106-77(94(128)132-18)48-60-31-37-72(38-32-60)134-56-69-53-117(78)111-109-69/h19-38,44-47,53-54,57-58,68,75-79,81-82,84-85H,39-43,48-52,55-56H2,1-18H3,(H,103,122)(H,104,124)(H,105,125)(H,106,123)(H,107,120)(H,108,121)/t57-,58-,68+,75-,76-,77-,78+,79+,81-,82-,84+,85+/m0/s1. The van der Waals surface area contributed by atoms with E-state index >= 15 is 42.3 Å². The van der Waals surface area contributed by atoms with Gasteiger partial charge < -0.3 is 70.1 Å². The van der Waals surface area contributed by atoms with Crippen LogP contribution in [0.5, 0.6) is 17.2 Å². The van der Waals surface area contributed by atoms with Crippen molar-refractivity contribution in [1.82, 2.24) is 81.5 Å². The third kappa shape index (κ3) is 25.4. The van der Waals surface area contributed by atoms with Crippen molar-refractivity contribution in [2.24, 2.45) is 16.7 Å². The van der Waals surface area contributed by atoms with Gasteiger partial charge in [0.25, 0.3) is 0 Å². The van der Waals surface area contributed by atoms with E-state index in [0.717, 1.165) is 50.6 Å². The van der Waals surface area contributed by atoms with Crippen LogP contribution in [-0.4, -0.2) is 228 Å². The number of nitrogens with zero attached hydrogens (tertiary/aromatic N) is 10. The summed E-state index contributed by atoms with van der Waals surface area (Å²) in [5.41, 5.74) is -1.23. The Hall–Kier alpha value is -14.0. The van der Waals surface area contributed by atoms with Crippen LogP contribution in [0.4, 0.5) is 18.4 Å². The molecule has 8 bridgehead atoms. The van der Waals surface area contributed by atoms with Crippen LogP contribution in [0.3, 0.4) is 0 Å². The molecule has 0 unspecified atom stereocenters. The summed E-state index contributed by atoms with van der Waals surface area (Å²) in [5, 5.41) is 38.8. The number of benzene rings is 7. The molecule has 724 valence electrons. The second kappa shape index (κ2) is 42.7. The second-order valence-electron chi connectivity index (χ2n) is 39.1. The molecule has 2 fully saturated rings. The number of ketones is 1. The van der Waals surface area contributed by atoms with Gasteiger partial charge >= 0.3 is 18.2 Å². The highest BCUT2D eigenvalue weighted by Crippen LogP contribution is 2.37. The van der Waals surface area contributed by atoms with E-state index in [9.17, 15) is 24.0 Å². The van der Waals surface area contributed by atoms with Crippen LogP contribution in [0.15, 0.2) is 158 Å². The van der Waals surface area contributed by atoms with Gasteiger partial charge in [-0.2, -0.15) is 0 Å². The summed E-state index contributed by atoms with van der Waals surface area (Å²) in [5.74, 6) is -10.9. The Kier molecular flexibility index (Phi) is 31.7. The minimum Gasteiger partial charge on any atom is -0.491 e. The van der Waals surface area contributed by atoms with E-state index < -0.39 is 196 Å². The summed E-state index contributed by atoms with van der Waals surface area (Å²) in [4.78, 5) is 185. The van der Waals surface area contributed by atoms with Crippen molar-refractivity contribution in [2.45, 2.75) is 239 Å². The Bertz CT molecular complexity index is 5880. The first kappa shape index (κ1) is 101. The largest absolute Gasteiger partial charge is 0.491 e. The number of esters is 1. The normalized spacial score (nSPS) is 19.9. The minimum atomic E-state index is -1.51. The number of hydrogen-bond acceptors (Lipinski definition) is 22. The van der Waals surface area contributed by atoms with E-state index in [1.165, 1.54) is 54.2 Å². The number of carbonyl (C=O) groups is 12. The quantitative estimate of drug-likeness (QED) is 0.0364. The van der Waals surface area contributed by atoms with Crippen LogP contribution in [0.1, 0.15) is 167 Å². The number of aromatic nitrogens is 6. The average Bonchev–Trinajstić information content (AvgIpc) is 1.63. The maximum atomic E-state index is 16.2. The molecule has 6 aliphatic rings. The molecule has 6 aliphatic heterocycles. The lowest BCUT2D eigenvalue weighted by Crippen LogP contribution is -2.62. The Morgan fingerprint density at radius 2 is 0.934 bits per heavy atom. The summed E-state index contributed by atoms with van der Waals surface area (Å²) in [7, 11) is 5.06. The molecule has 0 spiro atoms. The van der Waals surface area contributed by atoms with Crippen molar-refractivity contribution in [2.75, 3.05) is 41.4 Å². The highest BCUT2D eigenvalue weighted by molar-refractivity contribution is 6.00. The predicted octanol–water partition coefficient (Wildman–Crippen LogP) is 10.3. The first-order valence-electron chi connectivity index (χ1n) is 45.4. The van der Waals surface area contributed by atoms with Gasteiger partial charge in [-0.05, 0) is 178 Å². The van der Waals surface area contributed by atoms with Gasteiger partial charge in [0, 0.05) is 58.9 Å². The molecule has 0 aliphatic carbocycles. The van der Waals surface area contributed by atoms with Gasteiger partial charge in [0.15, 0.2) is 23.2 Å². The summed E-state index contributed by atoms with van der Waals surface area (Å²) in [6.07, 6.45) is 0.467. The number of likely N-dealkylation sites (N-methyl/N-ethyl adjacent to an activating group) is 2. The number of nitrogens with one attached hydrogen (secondary N) is 6. The Balaban J connectivity index is 0.923. The monoisotopic (exact) mass is 1870 g/mol.